The summed E-state index contributed by atoms with van der Waals surface area (Å²) in [6.07, 6.45) is 0. The first kappa shape index (κ1) is 16.9. The third kappa shape index (κ3) is 6.04. The first-order valence-electron chi connectivity index (χ1n) is 7.98. The van der Waals surface area contributed by atoms with Crippen molar-refractivity contribution in [3.63, 3.8) is 0 Å². The quantitative estimate of drug-likeness (QED) is 0.731. The normalized spacial score (nSPS) is 17.7. The Morgan fingerprint density at radius 3 is 2.38 bits per heavy atom. The van der Waals surface area contributed by atoms with Gasteiger partial charge in [0, 0.05) is 63.8 Å². The van der Waals surface area contributed by atoms with E-state index in [2.05, 4.69) is 52.5 Å². The van der Waals surface area contributed by atoms with Gasteiger partial charge in [-0.05, 0) is 38.0 Å². The molecule has 0 saturated carbocycles. The number of nitrogens with one attached hydrogen (secondary N) is 1. The summed E-state index contributed by atoms with van der Waals surface area (Å²) in [4.78, 5) is 8.91. The SMILES string of the molecule is Cc1ccsc1CNCCN1CCN(CCN(C)C)CC1. The van der Waals surface area contributed by atoms with Gasteiger partial charge in [-0.1, -0.05) is 0 Å². The highest BCUT2D eigenvalue weighted by atomic mass is 32.1. The lowest BCUT2D eigenvalue weighted by molar-refractivity contribution is 0.126. The van der Waals surface area contributed by atoms with Crippen molar-refractivity contribution < 1.29 is 0 Å². The molecule has 0 bridgehead atoms. The highest BCUT2D eigenvalue weighted by Gasteiger charge is 2.15. The number of nitrogens with zero attached hydrogens (tertiary/aromatic N) is 3. The molecule has 1 saturated heterocycles. The predicted molar refractivity (Wildman–Crippen MR) is 92.2 cm³/mol. The fraction of sp³-hybridized carbons (Fsp3) is 0.750. The summed E-state index contributed by atoms with van der Waals surface area (Å²) in [6, 6.07) is 2.20. The Balaban J connectivity index is 1.54. The van der Waals surface area contributed by atoms with Gasteiger partial charge in [-0.25, -0.2) is 0 Å². The maximum atomic E-state index is 3.58. The Morgan fingerprint density at radius 2 is 1.81 bits per heavy atom. The van der Waals surface area contributed by atoms with Crippen molar-refractivity contribution in [2.24, 2.45) is 0 Å². The predicted octanol–water partition coefficient (Wildman–Crippen LogP) is 1.33. The average Bonchev–Trinajstić information content (AvgIpc) is 2.88. The largest absolute Gasteiger partial charge is 0.311 e. The van der Waals surface area contributed by atoms with Gasteiger partial charge in [-0.15, -0.1) is 11.3 Å². The lowest BCUT2D eigenvalue weighted by Crippen LogP contribution is -2.49. The Kier molecular flexibility index (Phi) is 7.13. The lowest BCUT2D eigenvalue weighted by atomic mass is 10.3. The summed E-state index contributed by atoms with van der Waals surface area (Å²) < 4.78 is 0. The van der Waals surface area contributed by atoms with Crippen molar-refractivity contribution in [3.05, 3.63) is 21.9 Å². The van der Waals surface area contributed by atoms with Crippen molar-refractivity contribution in [1.29, 1.82) is 0 Å². The Labute approximate surface area is 133 Å². The van der Waals surface area contributed by atoms with E-state index in [1.54, 1.807) is 0 Å². The molecule has 2 rings (SSSR count). The molecule has 0 aromatic carbocycles. The van der Waals surface area contributed by atoms with Crippen LogP contribution in [0.4, 0.5) is 0 Å². The van der Waals surface area contributed by atoms with Gasteiger partial charge in [-0.3, -0.25) is 9.80 Å². The van der Waals surface area contributed by atoms with Crippen LogP contribution in [0.1, 0.15) is 10.4 Å². The van der Waals surface area contributed by atoms with Crippen molar-refractivity contribution in [2.45, 2.75) is 13.5 Å². The third-order valence-corrected chi connectivity index (χ3v) is 5.21. The minimum Gasteiger partial charge on any atom is -0.311 e. The van der Waals surface area contributed by atoms with Gasteiger partial charge in [0.05, 0.1) is 0 Å². The zero-order chi connectivity index (χ0) is 15.1. The van der Waals surface area contributed by atoms with E-state index in [0.29, 0.717) is 0 Å². The van der Waals surface area contributed by atoms with E-state index >= 15 is 0 Å². The van der Waals surface area contributed by atoms with Crippen LogP contribution in [0.15, 0.2) is 11.4 Å². The van der Waals surface area contributed by atoms with Gasteiger partial charge in [0.15, 0.2) is 0 Å². The number of hydrogen-bond acceptors (Lipinski definition) is 5. The van der Waals surface area contributed by atoms with E-state index in [9.17, 15) is 0 Å². The Morgan fingerprint density at radius 1 is 1.14 bits per heavy atom. The van der Waals surface area contributed by atoms with Gasteiger partial charge in [0.1, 0.15) is 0 Å². The summed E-state index contributed by atoms with van der Waals surface area (Å²) in [5.41, 5.74) is 1.42. The third-order valence-electron chi connectivity index (χ3n) is 4.19. The van der Waals surface area contributed by atoms with Crippen LogP contribution in [-0.4, -0.2) is 81.2 Å². The van der Waals surface area contributed by atoms with Crippen LogP contribution in [0, 0.1) is 6.92 Å². The lowest BCUT2D eigenvalue weighted by Gasteiger charge is -2.35. The molecule has 0 radical (unpaired) electrons. The minimum atomic E-state index is 1.02. The van der Waals surface area contributed by atoms with Gasteiger partial charge in [0.25, 0.3) is 0 Å². The summed E-state index contributed by atoms with van der Waals surface area (Å²) in [7, 11) is 4.30. The maximum absolute atomic E-state index is 3.58. The van der Waals surface area contributed by atoms with Gasteiger partial charge < -0.3 is 10.2 Å². The second-order valence-corrected chi connectivity index (χ2v) is 7.19. The fourth-order valence-electron chi connectivity index (χ4n) is 2.60. The Hall–Kier alpha value is -0.460. The maximum Gasteiger partial charge on any atom is 0.0302 e. The molecule has 0 spiro atoms. The van der Waals surface area contributed by atoms with E-state index in [1.807, 2.05) is 11.3 Å². The molecule has 5 heteroatoms. The van der Waals surface area contributed by atoms with E-state index < -0.39 is 0 Å². The van der Waals surface area contributed by atoms with Crippen molar-refractivity contribution in [3.8, 4) is 0 Å². The van der Waals surface area contributed by atoms with Crippen LogP contribution >= 0.6 is 11.3 Å². The highest BCUT2D eigenvalue weighted by molar-refractivity contribution is 7.10. The van der Waals surface area contributed by atoms with Gasteiger partial charge in [0.2, 0.25) is 0 Å². The summed E-state index contributed by atoms with van der Waals surface area (Å²) >= 11 is 1.86. The Bertz CT molecular complexity index is 397. The highest BCUT2D eigenvalue weighted by Crippen LogP contribution is 2.14. The number of piperazine rings is 1. The molecule has 120 valence electrons. The minimum absolute atomic E-state index is 1.02. The van der Waals surface area contributed by atoms with Crippen LogP contribution in [0.3, 0.4) is 0 Å². The van der Waals surface area contributed by atoms with Gasteiger partial charge in [-0.2, -0.15) is 0 Å². The van der Waals surface area contributed by atoms with Crippen molar-refractivity contribution in [1.82, 2.24) is 20.0 Å². The van der Waals surface area contributed by atoms with Gasteiger partial charge >= 0.3 is 0 Å². The molecule has 1 aliphatic rings. The molecule has 0 atom stereocenters. The standard InChI is InChI=1S/C16H30N4S/c1-15-4-13-21-16(15)14-17-5-6-19-9-11-20(12-10-19)8-7-18(2)3/h4,13,17H,5-12,14H2,1-3H3. The zero-order valence-electron chi connectivity index (χ0n) is 13.8. The molecule has 21 heavy (non-hydrogen) atoms. The van der Waals surface area contributed by atoms with E-state index in [1.165, 1.54) is 56.3 Å². The first-order valence-corrected chi connectivity index (χ1v) is 8.86. The number of rotatable bonds is 8. The molecular weight excluding hydrogens is 280 g/mol. The zero-order valence-corrected chi connectivity index (χ0v) is 14.6. The van der Waals surface area contributed by atoms with Crippen LogP contribution in [0.25, 0.3) is 0 Å². The summed E-state index contributed by atoms with van der Waals surface area (Å²) in [5.74, 6) is 0. The van der Waals surface area contributed by atoms with E-state index in [-0.39, 0.29) is 0 Å². The number of aryl methyl sites for hydroxylation is 1. The molecule has 2 heterocycles. The summed E-state index contributed by atoms with van der Waals surface area (Å²) in [6.45, 7) is 12.7. The van der Waals surface area contributed by atoms with Crippen molar-refractivity contribution in [2.75, 3.05) is 66.5 Å². The molecule has 1 aliphatic heterocycles. The van der Waals surface area contributed by atoms with Crippen LogP contribution in [-0.2, 0) is 6.54 Å². The first-order chi connectivity index (χ1) is 10.1. The number of thiophene rings is 1. The number of likely N-dealkylation sites (N-methyl/N-ethyl adjacent to an activating group) is 1. The fourth-order valence-corrected chi connectivity index (χ4v) is 3.48. The van der Waals surface area contributed by atoms with E-state index in [4.69, 9.17) is 0 Å². The molecule has 1 aromatic rings. The molecular formula is C16H30N4S. The van der Waals surface area contributed by atoms with E-state index in [0.717, 1.165) is 13.1 Å². The summed E-state index contributed by atoms with van der Waals surface area (Å²) in [5, 5.41) is 5.76. The second kappa shape index (κ2) is 8.86. The molecule has 1 N–H and O–H groups in total. The molecule has 0 amide bonds. The number of hydrogen-bond donors (Lipinski definition) is 1. The second-order valence-electron chi connectivity index (χ2n) is 6.19. The molecule has 4 nitrogen and oxygen atoms in total. The van der Waals surface area contributed by atoms with Crippen LogP contribution in [0.2, 0.25) is 0 Å². The van der Waals surface area contributed by atoms with Crippen LogP contribution < -0.4 is 5.32 Å². The smallest absolute Gasteiger partial charge is 0.0302 e. The van der Waals surface area contributed by atoms with Crippen LogP contribution in [0.5, 0.6) is 0 Å². The van der Waals surface area contributed by atoms with Crippen molar-refractivity contribution >= 4 is 11.3 Å². The molecule has 0 aliphatic carbocycles. The molecule has 1 fully saturated rings. The topological polar surface area (TPSA) is 21.8 Å². The molecule has 0 unspecified atom stereocenters. The molecule has 1 aromatic heterocycles. The average molecular weight is 311 g/mol. The monoisotopic (exact) mass is 310 g/mol.